The fraction of sp³-hybridized carbons (Fsp3) is 0.611. The Balaban J connectivity index is 1.38. The summed E-state index contributed by atoms with van der Waals surface area (Å²) in [6.45, 7) is 2.91. The number of aromatic nitrogens is 1. The molecule has 2 saturated heterocycles. The molecule has 7 nitrogen and oxygen atoms in total. The Kier molecular flexibility index (Phi) is 6.20. The molecule has 2 aliphatic heterocycles. The number of piperidine rings is 1. The zero-order chi connectivity index (χ0) is 17.5. The van der Waals surface area contributed by atoms with Gasteiger partial charge in [0.2, 0.25) is 5.91 Å². The zero-order valence-electron chi connectivity index (χ0n) is 14.3. The standard InChI is InChI=1S/C18H24N4O3/c19-11-14-3-1-7-20-18(14)22-8-5-15(6-9-22)21-17(23)13-24-12-16-4-2-10-25-16/h1,3,7,15-16H,2,4-6,8-10,12-13H2,(H,21,23)/t16-/m1/s1. The summed E-state index contributed by atoms with van der Waals surface area (Å²) in [6, 6.07) is 5.87. The summed E-state index contributed by atoms with van der Waals surface area (Å²) < 4.78 is 10.9. The van der Waals surface area contributed by atoms with E-state index in [0.717, 1.165) is 51.2 Å². The molecular formula is C18H24N4O3. The molecule has 3 rings (SSSR count). The van der Waals surface area contributed by atoms with Gasteiger partial charge in [0.05, 0.1) is 18.3 Å². The second-order valence-electron chi connectivity index (χ2n) is 6.47. The number of pyridine rings is 1. The minimum absolute atomic E-state index is 0.0769. The largest absolute Gasteiger partial charge is 0.376 e. The lowest BCUT2D eigenvalue weighted by Crippen LogP contribution is -2.46. The zero-order valence-corrected chi connectivity index (χ0v) is 14.3. The molecule has 2 fully saturated rings. The van der Waals surface area contributed by atoms with E-state index in [1.165, 1.54) is 0 Å². The van der Waals surface area contributed by atoms with Crippen LogP contribution < -0.4 is 10.2 Å². The Bertz CT molecular complexity index is 617. The van der Waals surface area contributed by atoms with E-state index in [1.807, 2.05) is 0 Å². The van der Waals surface area contributed by atoms with E-state index < -0.39 is 0 Å². The summed E-state index contributed by atoms with van der Waals surface area (Å²) in [5.74, 6) is 0.654. The molecule has 1 N–H and O–H groups in total. The lowest BCUT2D eigenvalue weighted by molar-refractivity contribution is -0.127. The number of rotatable bonds is 6. The Hall–Kier alpha value is -2.17. The molecule has 0 saturated carbocycles. The maximum absolute atomic E-state index is 12.0. The minimum Gasteiger partial charge on any atom is -0.376 e. The summed E-state index contributed by atoms with van der Waals surface area (Å²) in [5, 5.41) is 12.2. The van der Waals surface area contributed by atoms with Crippen molar-refractivity contribution in [3.63, 3.8) is 0 Å². The van der Waals surface area contributed by atoms with Crippen LogP contribution in [0.25, 0.3) is 0 Å². The molecule has 7 heteroatoms. The van der Waals surface area contributed by atoms with Gasteiger partial charge < -0.3 is 19.7 Å². The van der Waals surface area contributed by atoms with Gasteiger partial charge in [-0.3, -0.25) is 4.79 Å². The fourth-order valence-corrected chi connectivity index (χ4v) is 3.30. The highest BCUT2D eigenvalue weighted by atomic mass is 16.5. The Labute approximate surface area is 147 Å². The smallest absolute Gasteiger partial charge is 0.246 e. The first-order chi connectivity index (χ1) is 12.3. The predicted molar refractivity (Wildman–Crippen MR) is 92.1 cm³/mol. The van der Waals surface area contributed by atoms with Gasteiger partial charge in [-0.2, -0.15) is 5.26 Å². The maximum Gasteiger partial charge on any atom is 0.246 e. The van der Waals surface area contributed by atoms with E-state index >= 15 is 0 Å². The van der Waals surface area contributed by atoms with Crippen LogP contribution in [0.5, 0.6) is 0 Å². The van der Waals surface area contributed by atoms with E-state index in [2.05, 4.69) is 21.3 Å². The average Bonchev–Trinajstić information content (AvgIpc) is 3.16. The molecule has 0 radical (unpaired) electrons. The van der Waals surface area contributed by atoms with Crippen molar-refractivity contribution in [2.24, 2.45) is 0 Å². The Morgan fingerprint density at radius 3 is 3.00 bits per heavy atom. The first-order valence-electron chi connectivity index (χ1n) is 8.85. The summed E-state index contributed by atoms with van der Waals surface area (Å²) in [5.41, 5.74) is 0.590. The van der Waals surface area contributed by atoms with Gasteiger partial charge in [0.25, 0.3) is 0 Å². The molecule has 0 aliphatic carbocycles. The van der Waals surface area contributed by atoms with Gasteiger partial charge in [-0.1, -0.05) is 0 Å². The van der Waals surface area contributed by atoms with Gasteiger partial charge in [0.15, 0.2) is 0 Å². The van der Waals surface area contributed by atoms with E-state index in [4.69, 9.17) is 9.47 Å². The van der Waals surface area contributed by atoms with Crippen LogP contribution in [0, 0.1) is 11.3 Å². The van der Waals surface area contributed by atoms with Crippen molar-refractivity contribution in [1.29, 1.82) is 5.26 Å². The molecule has 134 valence electrons. The molecule has 3 heterocycles. The van der Waals surface area contributed by atoms with Crippen LogP contribution in [0.2, 0.25) is 0 Å². The minimum atomic E-state index is -0.0769. The van der Waals surface area contributed by atoms with E-state index in [1.54, 1.807) is 18.3 Å². The van der Waals surface area contributed by atoms with Crippen molar-refractivity contribution in [2.45, 2.75) is 37.8 Å². The second kappa shape index (κ2) is 8.79. The SMILES string of the molecule is N#Cc1cccnc1N1CCC(NC(=O)COC[C@H]2CCCO2)CC1. The van der Waals surface area contributed by atoms with Crippen LogP contribution in [0.4, 0.5) is 5.82 Å². The van der Waals surface area contributed by atoms with Crippen LogP contribution in [0.15, 0.2) is 18.3 Å². The van der Waals surface area contributed by atoms with E-state index in [-0.39, 0.29) is 24.7 Å². The number of hydrogen-bond donors (Lipinski definition) is 1. The molecule has 1 aromatic heterocycles. The molecule has 1 atom stereocenters. The second-order valence-corrected chi connectivity index (χ2v) is 6.47. The molecule has 1 aromatic rings. The molecule has 0 unspecified atom stereocenters. The molecule has 25 heavy (non-hydrogen) atoms. The van der Waals surface area contributed by atoms with Gasteiger partial charge in [0, 0.05) is 31.9 Å². The average molecular weight is 344 g/mol. The monoisotopic (exact) mass is 344 g/mol. The molecule has 0 spiro atoms. The number of nitrogens with zero attached hydrogens (tertiary/aromatic N) is 3. The highest BCUT2D eigenvalue weighted by molar-refractivity contribution is 5.77. The topological polar surface area (TPSA) is 87.5 Å². The molecular weight excluding hydrogens is 320 g/mol. The quantitative estimate of drug-likeness (QED) is 0.835. The van der Waals surface area contributed by atoms with Crippen molar-refractivity contribution < 1.29 is 14.3 Å². The van der Waals surface area contributed by atoms with Gasteiger partial charge in [-0.05, 0) is 37.8 Å². The maximum atomic E-state index is 12.0. The van der Waals surface area contributed by atoms with E-state index in [9.17, 15) is 10.1 Å². The number of amides is 1. The normalized spacial score (nSPS) is 21.1. The van der Waals surface area contributed by atoms with Gasteiger partial charge >= 0.3 is 0 Å². The summed E-state index contributed by atoms with van der Waals surface area (Å²) in [7, 11) is 0. The third-order valence-corrected chi connectivity index (χ3v) is 4.63. The third-order valence-electron chi connectivity index (χ3n) is 4.63. The van der Waals surface area contributed by atoms with Crippen LogP contribution in [-0.4, -0.2) is 55.9 Å². The number of ether oxygens (including phenoxy) is 2. The van der Waals surface area contributed by atoms with Crippen molar-refractivity contribution in [2.75, 3.05) is 37.8 Å². The highest BCUT2D eigenvalue weighted by Gasteiger charge is 2.23. The van der Waals surface area contributed by atoms with Crippen LogP contribution in [0.3, 0.4) is 0 Å². The number of nitrogens with one attached hydrogen (secondary N) is 1. The lowest BCUT2D eigenvalue weighted by atomic mass is 10.0. The van der Waals surface area contributed by atoms with Crippen molar-refractivity contribution in [3.05, 3.63) is 23.9 Å². The highest BCUT2D eigenvalue weighted by Crippen LogP contribution is 2.21. The number of carbonyl (C=O) groups is 1. The Morgan fingerprint density at radius 1 is 1.44 bits per heavy atom. The van der Waals surface area contributed by atoms with Crippen LogP contribution in [-0.2, 0) is 14.3 Å². The lowest BCUT2D eigenvalue weighted by Gasteiger charge is -2.33. The van der Waals surface area contributed by atoms with Gasteiger partial charge in [-0.25, -0.2) is 4.98 Å². The van der Waals surface area contributed by atoms with E-state index in [0.29, 0.717) is 12.2 Å². The molecule has 2 aliphatic rings. The number of nitriles is 1. The number of hydrogen-bond acceptors (Lipinski definition) is 6. The van der Waals surface area contributed by atoms with Gasteiger partial charge in [0.1, 0.15) is 18.5 Å². The number of carbonyl (C=O) groups excluding carboxylic acids is 1. The van der Waals surface area contributed by atoms with Crippen molar-refractivity contribution >= 4 is 11.7 Å². The molecule has 1 amide bonds. The fourth-order valence-electron chi connectivity index (χ4n) is 3.30. The van der Waals surface area contributed by atoms with Crippen molar-refractivity contribution in [3.8, 4) is 6.07 Å². The molecule has 0 bridgehead atoms. The van der Waals surface area contributed by atoms with Crippen molar-refractivity contribution in [1.82, 2.24) is 10.3 Å². The molecule has 0 aromatic carbocycles. The summed E-state index contributed by atoms with van der Waals surface area (Å²) in [4.78, 5) is 18.4. The van der Waals surface area contributed by atoms with Crippen LogP contribution in [0.1, 0.15) is 31.2 Å². The first-order valence-corrected chi connectivity index (χ1v) is 8.85. The predicted octanol–water partition coefficient (Wildman–Crippen LogP) is 1.23. The summed E-state index contributed by atoms with van der Waals surface area (Å²) >= 11 is 0. The van der Waals surface area contributed by atoms with Crippen LogP contribution >= 0.6 is 0 Å². The van der Waals surface area contributed by atoms with Gasteiger partial charge in [-0.15, -0.1) is 0 Å². The Morgan fingerprint density at radius 2 is 2.28 bits per heavy atom. The summed E-state index contributed by atoms with van der Waals surface area (Å²) in [6.07, 6.45) is 5.59. The first kappa shape index (κ1) is 17.6. The third kappa shape index (κ3) is 4.91. The number of anilines is 1.